The lowest BCUT2D eigenvalue weighted by Crippen LogP contribution is -2.28. The van der Waals surface area contributed by atoms with Gasteiger partial charge in [0, 0.05) is 0 Å². The average Bonchev–Trinajstić information content (AvgIpc) is 2.46. The molecule has 0 bridgehead atoms. The Morgan fingerprint density at radius 3 is 2.35 bits per heavy atom. The molecule has 3 heteroatoms. The van der Waals surface area contributed by atoms with Crippen LogP contribution in [0.15, 0.2) is 42.5 Å². The molecule has 2 unspecified atom stereocenters. The largest absolute Gasteiger partial charge is 0.469 e. The van der Waals surface area contributed by atoms with Crippen LogP contribution in [0.2, 0.25) is 0 Å². The maximum atomic E-state index is 11.8. The minimum Gasteiger partial charge on any atom is -0.469 e. The Kier molecular flexibility index (Phi) is 4.40. The summed E-state index contributed by atoms with van der Waals surface area (Å²) in [6, 6.07) is 13.7. The van der Waals surface area contributed by atoms with Crippen LogP contribution >= 0.6 is 0 Å². The Hall–Kier alpha value is -1.87. The Bertz CT molecular complexity index is 604. The van der Waals surface area contributed by atoms with Crippen molar-refractivity contribution in [1.29, 1.82) is 0 Å². The molecule has 0 aromatic heterocycles. The monoisotopic (exact) mass is 272 g/mol. The number of carbonyl (C=O) groups excluding carboxylic acids is 1. The van der Waals surface area contributed by atoms with Gasteiger partial charge in [0.1, 0.15) is 0 Å². The molecule has 106 valence electrons. The topological polar surface area (TPSA) is 46.5 Å². The van der Waals surface area contributed by atoms with E-state index < -0.39 is 12.0 Å². The SMILES string of the molecule is COC(=O)C(C(C)C)C(O)c1ccc2ccccc2c1. The van der Waals surface area contributed by atoms with Gasteiger partial charge in [0.25, 0.3) is 0 Å². The van der Waals surface area contributed by atoms with Gasteiger partial charge in [0.2, 0.25) is 0 Å². The van der Waals surface area contributed by atoms with E-state index in [2.05, 4.69) is 0 Å². The first-order valence-corrected chi connectivity index (χ1v) is 6.79. The second-order valence-corrected chi connectivity index (χ2v) is 5.34. The number of hydrogen-bond donors (Lipinski definition) is 1. The first-order chi connectivity index (χ1) is 9.54. The maximum absolute atomic E-state index is 11.8. The summed E-state index contributed by atoms with van der Waals surface area (Å²) in [5, 5.41) is 12.7. The third kappa shape index (κ3) is 2.83. The fourth-order valence-corrected chi connectivity index (χ4v) is 2.50. The Balaban J connectivity index is 2.38. The molecular formula is C17H20O3. The van der Waals surface area contributed by atoms with E-state index in [9.17, 15) is 9.90 Å². The minimum atomic E-state index is -0.855. The predicted octanol–water partition coefficient (Wildman–Crippen LogP) is 3.32. The molecule has 0 aliphatic carbocycles. The molecule has 2 rings (SSSR count). The quantitative estimate of drug-likeness (QED) is 0.868. The van der Waals surface area contributed by atoms with Crippen LogP contribution < -0.4 is 0 Å². The lowest BCUT2D eigenvalue weighted by Gasteiger charge is -2.24. The zero-order valence-electron chi connectivity index (χ0n) is 12.0. The standard InChI is InChI=1S/C17H20O3/c1-11(2)15(17(19)20-3)16(18)14-9-8-12-6-4-5-7-13(12)10-14/h4-11,15-16,18H,1-3H3. The van der Waals surface area contributed by atoms with Crippen molar-refractivity contribution in [2.75, 3.05) is 7.11 Å². The van der Waals surface area contributed by atoms with Gasteiger partial charge in [-0.05, 0) is 28.3 Å². The van der Waals surface area contributed by atoms with E-state index in [1.165, 1.54) is 7.11 Å². The molecule has 0 saturated carbocycles. The summed E-state index contributed by atoms with van der Waals surface area (Å²) in [6.07, 6.45) is -0.855. The fraction of sp³-hybridized carbons (Fsp3) is 0.353. The number of ether oxygens (including phenoxy) is 1. The molecule has 2 atom stereocenters. The van der Waals surface area contributed by atoms with Crippen molar-refractivity contribution in [1.82, 2.24) is 0 Å². The molecule has 0 fully saturated rings. The second-order valence-electron chi connectivity index (χ2n) is 5.34. The Morgan fingerprint density at radius 2 is 1.75 bits per heavy atom. The summed E-state index contributed by atoms with van der Waals surface area (Å²) in [4.78, 5) is 11.8. The van der Waals surface area contributed by atoms with Crippen LogP contribution in [-0.2, 0) is 9.53 Å². The van der Waals surface area contributed by atoms with E-state index in [1.54, 1.807) is 0 Å². The average molecular weight is 272 g/mol. The van der Waals surface area contributed by atoms with Crippen LogP contribution in [0.25, 0.3) is 10.8 Å². The maximum Gasteiger partial charge on any atom is 0.311 e. The number of carbonyl (C=O) groups is 1. The first-order valence-electron chi connectivity index (χ1n) is 6.79. The molecular weight excluding hydrogens is 252 g/mol. The van der Waals surface area contributed by atoms with Crippen molar-refractivity contribution in [2.24, 2.45) is 11.8 Å². The van der Waals surface area contributed by atoms with Crippen LogP contribution in [0.3, 0.4) is 0 Å². The van der Waals surface area contributed by atoms with Crippen LogP contribution in [0.4, 0.5) is 0 Å². The number of esters is 1. The van der Waals surface area contributed by atoms with E-state index in [4.69, 9.17) is 4.74 Å². The van der Waals surface area contributed by atoms with Gasteiger partial charge in [0.05, 0.1) is 19.1 Å². The van der Waals surface area contributed by atoms with Crippen LogP contribution in [0.5, 0.6) is 0 Å². The molecule has 0 radical (unpaired) electrons. The summed E-state index contributed by atoms with van der Waals surface area (Å²) in [6.45, 7) is 3.82. The number of fused-ring (bicyclic) bond motifs is 1. The smallest absolute Gasteiger partial charge is 0.311 e. The van der Waals surface area contributed by atoms with Gasteiger partial charge >= 0.3 is 5.97 Å². The number of rotatable bonds is 4. The van der Waals surface area contributed by atoms with Crippen molar-refractivity contribution >= 4 is 16.7 Å². The third-order valence-electron chi connectivity index (χ3n) is 3.65. The van der Waals surface area contributed by atoms with E-state index >= 15 is 0 Å². The fourth-order valence-electron chi connectivity index (χ4n) is 2.50. The zero-order chi connectivity index (χ0) is 14.7. The molecule has 0 aliphatic heterocycles. The van der Waals surface area contributed by atoms with Crippen molar-refractivity contribution in [3.8, 4) is 0 Å². The lowest BCUT2D eigenvalue weighted by molar-refractivity contribution is -0.152. The number of aliphatic hydroxyl groups is 1. The van der Waals surface area contributed by atoms with Gasteiger partial charge < -0.3 is 9.84 Å². The zero-order valence-corrected chi connectivity index (χ0v) is 12.0. The summed E-state index contributed by atoms with van der Waals surface area (Å²) >= 11 is 0. The highest BCUT2D eigenvalue weighted by molar-refractivity contribution is 5.83. The van der Waals surface area contributed by atoms with E-state index in [-0.39, 0.29) is 11.9 Å². The van der Waals surface area contributed by atoms with Crippen LogP contribution in [0, 0.1) is 11.8 Å². The Labute approximate surface area is 119 Å². The van der Waals surface area contributed by atoms with Gasteiger partial charge in [-0.25, -0.2) is 0 Å². The van der Waals surface area contributed by atoms with Crippen LogP contribution in [-0.4, -0.2) is 18.2 Å². The molecule has 0 spiro atoms. The van der Waals surface area contributed by atoms with Crippen molar-refractivity contribution < 1.29 is 14.6 Å². The molecule has 0 aliphatic rings. The molecule has 20 heavy (non-hydrogen) atoms. The number of benzene rings is 2. The minimum absolute atomic E-state index is 0.00363. The van der Waals surface area contributed by atoms with Gasteiger partial charge in [-0.3, -0.25) is 4.79 Å². The van der Waals surface area contributed by atoms with Crippen molar-refractivity contribution in [2.45, 2.75) is 20.0 Å². The van der Waals surface area contributed by atoms with Gasteiger partial charge in [-0.2, -0.15) is 0 Å². The van der Waals surface area contributed by atoms with E-state index in [1.807, 2.05) is 56.3 Å². The molecule has 3 nitrogen and oxygen atoms in total. The molecule has 0 saturated heterocycles. The van der Waals surface area contributed by atoms with Crippen LogP contribution in [0.1, 0.15) is 25.5 Å². The normalized spacial score (nSPS) is 14.2. The van der Waals surface area contributed by atoms with Crippen molar-refractivity contribution in [3.05, 3.63) is 48.0 Å². The molecule has 0 heterocycles. The van der Waals surface area contributed by atoms with Crippen molar-refractivity contribution in [3.63, 3.8) is 0 Å². The highest BCUT2D eigenvalue weighted by atomic mass is 16.5. The van der Waals surface area contributed by atoms with Gasteiger partial charge in [0.15, 0.2) is 0 Å². The Morgan fingerprint density at radius 1 is 1.10 bits per heavy atom. The van der Waals surface area contributed by atoms with Gasteiger partial charge in [-0.15, -0.1) is 0 Å². The van der Waals surface area contributed by atoms with E-state index in [0.717, 1.165) is 16.3 Å². The number of methoxy groups -OCH3 is 1. The molecule has 2 aromatic carbocycles. The second kappa shape index (κ2) is 6.06. The first kappa shape index (κ1) is 14.5. The summed E-state index contributed by atoms with van der Waals surface area (Å²) in [5.41, 5.74) is 0.743. The molecule has 1 N–H and O–H groups in total. The van der Waals surface area contributed by atoms with Gasteiger partial charge in [-0.1, -0.05) is 50.2 Å². The number of hydrogen-bond acceptors (Lipinski definition) is 3. The summed E-state index contributed by atoms with van der Waals surface area (Å²) in [5.74, 6) is -0.925. The third-order valence-corrected chi connectivity index (χ3v) is 3.65. The van der Waals surface area contributed by atoms with E-state index in [0.29, 0.717) is 0 Å². The molecule has 0 amide bonds. The lowest BCUT2D eigenvalue weighted by atomic mass is 9.86. The summed E-state index contributed by atoms with van der Waals surface area (Å²) < 4.78 is 4.80. The predicted molar refractivity (Wildman–Crippen MR) is 79.3 cm³/mol. The number of aliphatic hydroxyl groups excluding tert-OH is 1. The summed E-state index contributed by atoms with van der Waals surface area (Å²) in [7, 11) is 1.35. The molecule has 2 aromatic rings. The highest BCUT2D eigenvalue weighted by Gasteiger charge is 2.31. The highest BCUT2D eigenvalue weighted by Crippen LogP contribution is 2.30.